The molecule has 2 aliphatic rings. The van der Waals surface area contributed by atoms with Crippen molar-refractivity contribution in [3.8, 4) is 0 Å². The van der Waals surface area contributed by atoms with Crippen molar-refractivity contribution in [2.75, 3.05) is 32.7 Å². The third kappa shape index (κ3) is 2.43. The van der Waals surface area contributed by atoms with E-state index in [4.69, 9.17) is 5.73 Å². The number of hydrogen-bond donors (Lipinski definition) is 1. The van der Waals surface area contributed by atoms with Crippen molar-refractivity contribution in [3.05, 3.63) is 0 Å². The van der Waals surface area contributed by atoms with Crippen LogP contribution in [0.5, 0.6) is 0 Å². The zero-order valence-corrected chi connectivity index (χ0v) is 9.32. The predicted octanol–water partition coefficient (Wildman–Crippen LogP) is 0.873. The number of amides is 2. The smallest absolute Gasteiger partial charge is 0.320 e. The second-order valence-electron chi connectivity index (χ2n) is 4.65. The highest BCUT2D eigenvalue weighted by Crippen LogP contribution is 2.21. The van der Waals surface area contributed by atoms with Gasteiger partial charge in [-0.05, 0) is 38.1 Å². The molecule has 2 heterocycles. The molecule has 2 aliphatic heterocycles. The van der Waals surface area contributed by atoms with Gasteiger partial charge in [-0.15, -0.1) is 0 Å². The molecule has 0 aromatic carbocycles. The van der Waals surface area contributed by atoms with Gasteiger partial charge in [0.15, 0.2) is 0 Å². The summed E-state index contributed by atoms with van der Waals surface area (Å²) in [4.78, 5) is 16.0. The number of rotatable bonds is 2. The van der Waals surface area contributed by atoms with Gasteiger partial charge in [0, 0.05) is 26.2 Å². The van der Waals surface area contributed by atoms with Gasteiger partial charge in [0.2, 0.25) is 0 Å². The third-order valence-corrected chi connectivity index (χ3v) is 3.51. The van der Waals surface area contributed by atoms with Gasteiger partial charge in [0.1, 0.15) is 0 Å². The minimum atomic E-state index is 0.257. The monoisotopic (exact) mass is 211 g/mol. The molecule has 0 radical (unpaired) electrons. The van der Waals surface area contributed by atoms with Crippen LogP contribution in [0.15, 0.2) is 0 Å². The van der Waals surface area contributed by atoms with Crippen LogP contribution in [0.2, 0.25) is 0 Å². The number of nitrogens with zero attached hydrogens (tertiary/aromatic N) is 2. The lowest BCUT2D eigenvalue weighted by molar-refractivity contribution is 0.171. The van der Waals surface area contributed by atoms with E-state index in [0.29, 0.717) is 5.92 Å². The molecule has 2 N–H and O–H groups in total. The maximum atomic E-state index is 12.0. The maximum Gasteiger partial charge on any atom is 0.320 e. The molecule has 4 heteroatoms. The predicted molar refractivity (Wildman–Crippen MR) is 59.6 cm³/mol. The number of nitrogens with two attached hydrogens (primary N) is 1. The highest BCUT2D eigenvalue weighted by atomic mass is 16.2. The van der Waals surface area contributed by atoms with Crippen LogP contribution in [0, 0.1) is 5.92 Å². The van der Waals surface area contributed by atoms with E-state index < -0.39 is 0 Å². The SMILES string of the molecule is NCCC1CCN(C(=O)N2CCCC2)C1. The van der Waals surface area contributed by atoms with Gasteiger partial charge in [0.25, 0.3) is 0 Å². The highest BCUT2D eigenvalue weighted by molar-refractivity contribution is 5.75. The van der Waals surface area contributed by atoms with Crippen molar-refractivity contribution in [2.24, 2.45) is 11.7 Å². The Balaban J connectivity index is 1.81. The Morgan fingerprint density at radius 2 is 1.93 bits per heavy atom. The average molecular weight is 211 g/mol. The van der Waals surface area contributed by atoms with E-state index in [9.17, 15) is 4.79 Å². The van der Waals surface area contributed by atoms with Gasteiger partial charge in [-0.25, -0.2) is 4.79 Å². The fourth-order valence-corrected chi connectivity index (χ4v) is 2.59. The molecule has 2 fully saturated rings. The van der Waals surface area contributed by atoms with Gasteiger partial charge >= 0.3 is 6.03 Å². The first kappa shape index (κ1) is 10.7. The summed E-state index contributed by atoms with van der Waals surface area (Å²) in [6.45, 7) is 4.51. The minimum absolute atomic E-state index is 0.257. The van der Waals surface area contributed by atoms with Crippen LogP contribution in [0.25, 0.3) is 0 Å². The number of carbonyl (C=O) groups is 1. The maximum absolute atomic E-state index is 12.0. The molecule has 0 aromatic heterocycles. The Labute approximate surface area is 91.4 Å². The molecule has 0 saturated carbocycles. The van der Waals surface area contributed by atoms with E-state index in [2.05, 4.69) is 0 Å². The molecule has 2 saturated heterocycles. The average Bonchev–Trinajstić information content (AvgIpc) is 2.87. The molecule has 86 valence electrons. The van der Waals surface area contributed by atoms with Crippen LogP contribution in [0.4, 0.5) is 4.79 Å². The Kier molecular flexibility index (Phi) is 3.46. The summed E-state index contributed by atoms with van der Waals surface area (Å²) in [5, 5.41) is 0. The van der Waals surface area contributed by atoms with E-state index in [1.165, 1.54) is 12.8 Å². The first-order valence-electron chi connectivity index (χ1n) is 6.05. The molecule has 1 atom stereocenters. The molecule has 15 heavy (non-hydrogen) atoms. The fraction of sp³-hybridized carbons (Fsp3) is 0.909. The van der Waals surface area contributed by atoms with E-state index in [0.717, 1.165) is 45.6 Å². The molecule has 0 bridgehead atoms. The third-order valence-electron chi connectivity index (χ3n) is 3.51. The number of carbonyl (C=O) groups excluding carboxylic acids is 1. The Hall–Kier alpha value is -0.770. The van der Waals surface area contributed by atoms with Crippen LogP contribution >= 0.6 is 0 Å². The molecule has 1 unspecified atom stereocenters. The first-order valence-corrected chi connectivity index (χ1v) is 6.05. The van der Waals surface area contributed by atoms with Crippen LogP contribution in [-0.2, 0) is 0 Å². The van der Waals surface area contributed by atoms with Crippen molar-refractivity contribution < 1.29 is 4.79 Å². The van der Waals surface area contributed by atoms with Crippen LogP contribution in [-0.4, -0.2) is 48.6 Å². The molecular weight excluding hydrogens is 190 g/mol. The van der Waals surface area contributed by atoms with Gasteiger partial charge in [0.05, 0.1) is 0 Å². The Morgan fingerprint density at radius 3 is 2.60 bits per heavy atom. The van der Waals surface area contributed by atoms with Gasteiger partial charge < -0.3 is 15.5 Å². The molecular formula is C11H21N3O. The van der Waals surface area contributed by atoms with Crippen LogP contribution < -0.4 is 5.73 Å². The van der Waals surface area contributed by atoms with E-state index >= 15 is 0 Å². The summed E-state index contributed by atoms with van der Waals surface area (Å²) in [6, 6.07) is 0.257. The van der Waals surface area contributed by atoms with Crippen LogP contribution in [0.1, 0.15) is 25.7 Å². The largest absolute Gasteiger partial charge is 0.330 e. The zero-order chi connectivity index (χ0) is 10.7. The Bertz CT molecular complexity index is 226. The van der Waals surface area contributed by atoms with Crippen molar-refractivity contribution in [2.45, 2.75) is 25.7 Å². The van der Waals surface area contributed by atoms with Crippen molar-refractivity contribution in [1.29, 1.82) is 0 Å². The van der Waals surface area contributed by atoms with E-state index in [-0.39, 0.29) is 6.03 Å². The molecule has 0 spiro atoms. The lowest BCUT2D eigenvalue weighted by atomic mass is 10.1. The molecule has 0 aromatic rings. The summed E-state index contributed by atoms with van der Waals surface area (Å²) in [6.07, 6.45) is 4.54. The normalized spacial score (nSPS) is 26.3. The van der Waals surface area contributed by atoms with Crippen LogP contribution in [0.3, 0.4) is 0 Å². The second-order valence-corrected chi connectivity index (χ2v) is 4.65. The van der Waals surface area contributed by atoms with Gasteiger partial charge in [-0.1, -0.05) is 0 Å². The number of urea groups is 1. The zero-order valence-electron chi connectivity index (χ0n) is 9.32. The fourth-order valence-electron chi connectivity index (χ4n) is 2.59. The molecule has 0 aliphatic carbocycles. The molecule has 2 amide bonds. The van der Waals surface area contributed by atoms with Gasteiger partial charge in [-0.3, -0.25) is 0 Å². The van der Waals surface area contributed by atoms with E-state index in [1.807, 2.05) is 9.80 Å². The first-order chi connectivity index (χ1) is 7.31. The molecule has 2 rings (SSSR count). The number of hydrogen-bond acceptors (Lipinski definition) is 2. The summed E-state index contributed by atoms with van der Waals surface area (Å²) in [7, 11) is 0. The highest BCUT2D eigenvalue weighted by Gasteiger charge is 2.29. The van der Waals surface area contributed by atoms with Crippen molar-refractivity contribution in [3.63, 3.8) is 0 Å². The number of likely N-dealkylation sites (tertiary alicyclic amines) is 2. The Morgan fingerprint density at radius 1 is 1.20 bits per heavy atom. The quantitative estimate of drug-likeness (QED) is 0.737. The van der Waals surface area contributed by atoms with Crippen molar-refractivity contribution >= 4 is 6.03 Å². The van der Waals surface area contributed by atoms with Crippen molar-refractivity contribution in [1.82, 2.24) is 9.80 Å². The van der Waals surface area contributed by atoms with E-state index in [1.54, 1.807) is 0 Å². The standard InChI is InChI=1S/C11H21N3O/c12-5-3-10-4-8-14(9-10)11(15)13-6-1-2-7-13/h10H,1-9,12H2. The second kappa shape index (κ2) is 4.84. The van der Waals surface area contributed by atoms with Gasteiger partial charge in [-0.2, -0.15) is 0 Å². The minimum Gasteiger partial charge on any atom is -0.330 e. The summed E-state index contributed by atoms with van der Waals surface area (Å²) >= 11 is 0. The lowest BCUT2D eigenvalue weighted by Gasteiger charge is -2.23. The topological polar surface area (TPSA) is 49.6 Å². The summed E-state index contributed by atoms with van der Waals surface area (Å²) in [5.41, 5.74) is 5.54. The summed E-state index contributed by atoms with van der Waals surface area (Å²) < 4.78 is 0. The lowest BCUT2D eigenvalue weighted by Crippen LogP contribution is -2.40. The summed E-state index contributed by atoms with van der Waals surface area (Å²) in [5.74, 6) is 0.640. The molecule has 4 nitrogen and oxygen atoms in total.